The van der Waals surface area contributed by atoms with E-state index in [4.69, 9.17) is 15.6 Å². The molecule has 0 spiro atoms. The molecule has 0 unspecified atom stereocenters. The summed E-state index contributed by atoms with van der Waals surface area (Å²) in [5.74, 6) is 0.641. The quantitative estimate of drug-likeness (QED) is 0.641. The molecule has 0 bridgehead atoms. The first-order chi connectivity index (χ1) is 6.74. The van der Waals surface area contributed by atoms with Crippen molar-refractivity contribution in [3.05, 3.63) is 34.8 Å². The Balaban J connectivity index is 2.57. The number of anilines is 1. The Bertz CT molecular complexity index is 326. The average Bonchev–Trinajstić information content (AvgIpc) is 2.18. The highest BCUT2D eigenvalue weighted by atomic mass is 79.9. The largest absolute Gasteiger partial charge is 0.487 e. The number of hydrogen-bond acceptors (Lipinski definition) is 3. The molecule has 0 radical (unpaired) electrons. The van der Waals surface area contributed by atoms with Gasteiger partial charge in [0, 0.05) is 4.47 Å². The van der Waals surface area contributed by atoms with E-state index in [0.29, 0.717) is 18.0 Å². The zero-order valence-electron chi connectivity index (χ0n) is 7.61. The smallest absolute Gasteiger partial charge is 0.143 e. The van der Waals surface area contributed by atoms with E-state index in [1.807, 2.05) is 12.1 Å². The van der Waals surface area contributed by atoms with Crippen molar-refractivity contribution in [1.82, 2.24) is 0 Å². The third kappa shape index (κ3) is 3.40. The monoisotopic (exact) mass is 257 g/mol. The van der Waals surface area contributed by atoms with Crippen molar-refractivity contribution in [3.8, 4) is 5.75 Å². The van der Waals surface area contributed by atoms with Crippen LogP contribution in [0.5, 0.6) is 5.75 Å². The third-order valence-corrected chi connectivity index (χ3v) is 2.08. The summed E-state index contributed by atoms with van der Waals surface area (Å²) >= 11 is 3.33. The van der Waals surface area contributed by atoms with Crippen molar-refractivity contribution in [3.63, 3.8) is 0 Å². The number of aliphatic hydroxyl groups excluding tert-OH is 1. The first-order valence-electron chi connectivity index (χ1n) is 4.17. The highest BCUT2D eigenvalue weighted by Gasteiger charge is 1.99. The molecule has 0 aromatic heterocycles. The van der Waals surface area contributed by atoms with E-state index < -0.39 is 0 Å². The number of benzene rings is 1. The van der Waals surface area contributed by atoms with Crippen LogP contribution in [0.3, 0.4) is 0 Å². The molecule has 1 rings (SSSR count). The van der Waals surface area contributed by atoms with Gasteiger partial charge in [0.1, 0.15) is 12.4 Å². The molecule has 0 aliphatic rings. The van der Waals surface area contributed by atoms with Gasteiger partial charge in [0.15, 0.2) is 0 Å². The molecule has 0 heterocycles. The van der Waals surface area contributed by atoms with Gasteiger partial charge in [-0.2, -0.15) is 0 Å². The zero-order chi connectivity index (χ0) is 10.4. The number of hydrogen-bond donors (Lipinski definition) is 2. The Labute approximate surface area is 91.3 Å². The second-order valence-electron chi connectivity index (χ2n) is 2.65. The minimum atomic E-state index is 0.0251. The fourth-order valence-electron chi connectivity index (χ4n) is 0.914. The Kier molecular flexibility index (Phi) is 4.49. The van der Waals surface area contributed by atoms with E-state index in [-0.39, 0.29) is 6.61 Å². The molecule has 0 fully saturated rings. The van der Waals surface area contributed by atoms with E-state index >= 15 is 0 Å². The van der Waals surface area contributed by atoms with E-state index in [0.717, 1.165) is 4.47 Å². The Morgan fingerprint density at radius 2 is 2.21 bits per heavy atom. The van der Waals surface area contributed by atoms with E-state index in [1.165, 1.54) is 0 Å². The number of rotatable bonds is 4. The maximum Gasteiger partial charge on any atom is 0.143 e. The van der Waals surface area contributed by atoms with Crippen molar-refractivity contribution in [2.24, 2.45) is 0 Å². The lowest BCUT2D eigenvalue weighted by Crippen LogP contribution is -1.97. The number of aliphatic hydroxyl groups is 1. The minimum absolute atomic E-state index is 0.0251. The molecule has 0 amide bonds. The van der Waals surface area contributed by atoms with Gasteiger partial charge in [-0.3, -0.25) is 0 Å². The van der Waals surface area contributed by atoms with E-state index in [9.17, 15) is 0 Å². The van der Waals surface area contributed by atoms with Crippen LogP contribution >= 0.6 is 15.9 Å². The Morgan fingerprint density at radius 3 is 2.93 bits per heavy atom. The highest BCUT2D eigenvalue weighted by Crippen LogP contribution is 2.25. The van der Waals surface area contributed by atoms with E-state index in [2.05, 4.69) is 15.9 Å². The molecule has 4 heteroatoms. The van der Waals surface area contributed by atoms with Crippen molar-refractivity contribution in [1.29, 1.82) is 0 Å². The molecule has 1 aromatic carbocycles. The van der Waals surface area contributed by atoms with Gasteiger partial charge in [0.25, 0.3) is 0 Å². The molecular weight excluding hydrogens is 246 g/mol. The van der Waals surface area contributed by atoms with Gasteiger partial charge in [-0.1, -0.05) is 22.0 Å². The predicted octanol–water partition coefficient (Wildman–Crippen LogP) is 1.96. The molecule has 0 saturated heterocycles. The Hall–Kier alpha value is -1.00. The molecule has 0 aliphatic heterocycles. The van der Waals surface area contributed by atoms with Gasteiger partial charge in [-0.15, -0.1) is 0 Å². The standard InChI is InChI=1S/C10H12BrNO2/c11-8-3-4-9(12)10(7-8)14-6-2-1-5-13/h1-4,7,13H,5-6,12H2/b2-1+. The zero-order valence-corrected chi connectivity index (χ0v) is 9.20. The van der Waals surface area contributed by atoms with Crippen molar-refractivity contribution >= 4 is 21.6 Å². The SMILES string of the molecule is Nc1ccc(Br)cc1OC/C=C/CO. The summed E-state index contributed by atoms with van der Waals surface area (Å²) < 4.78 is 6.29. The number of halogens is 1. The van der Waals surface area contributed by atoms with Crippen LogP contribution in [0.4, 0.5) is 5.69 Å². The van der Waals surface area contributed by atoms with Crippen LogP contribution in [-0.2, 0) is 0 Å². The first-order valence-corrected chi connectivity index (χ1v) is 4.97. The van der Waals surface area contributed by atoms with Crippen LogP contribution in [0.2, 0.25) is 0 Å². The van der Waals surface area contributed by atoms with Crippen LogP contribution in [0.15, 0.2) is 34.8 Å². The normalized spacial score (nSPS) is 10.7. The summed E-state index contributed by atoms with van der Waals surface area (Å²) in [6.07, 6.45) is 3.36. The summed E-state index contributed by atoms with van der Waals surface area (Å²) in [5.41, 5.74) is 6.29. The van der Waals surface area contributed by atoms with Crippen molar-refractivity contribution in [2.45, 2.75) is 0 Å². The summed E-state index contributed by atoms with van der Waals surface area (Å²) in [5, 5.41) is 8.49. The minimum Gasteiger partial charge on any atom is -0.487 e. The maximum absolute atomic E-state index is 8.49. The molecular formula is C10H12BrNO2. The van der Waals surface area contributed by atoms with Gasteiger partial charge in [0.2, 0.25) is 0 Å². The van der Waals surface area contributed by atoms with Crippen LogP contribution in [0.25, 0.3) is 0 Å². The van der Waals surface area contributed by atoms with Gasteiger partial charge in [-0.05, 0) is 24.3 Å². The topological polar surface area (TPSA) is 55.5 Å². The third-order valence-electron chi connectivity index (χ3n) is 1.58. The molecule has 0 aliphatic carbocycles. The summed E-state index contributed by atoms with van der Waals surface area (Å²) in [7, 11) is 0. The lowest BCUT2D eigenvalue weighted by molar-refractivity contribution is 0.336. The molecule has 76 valence electrons. The van der Waals surface area contributed by atoms with Gasteiger partial charge in [0.05, 0.1) is 12.3 Å². The Morgan fingerprint density at radius 1 is 1.43 bits per heavy atom. The van der Waals surface area contributed by atoms with Crippen LogP contribution in [-0.4, -0.2) is 18.3 Å². The van der Waals surface area contributed by atoms with Crippen molar-refractivity contribution in [2.75, 3.05) is 18.9 Å². The predicted molar refractivity (Wildman–Crippen MR) is 60.3 cm³/mol. The summed E-state index contributed by atoms with van der Waals surface area (Å²) in [6, 6.07) is 5.43. The van der Waals surface area contributed by atoms with Gasteiger partial charge >= 0.3 is 0 Å². The molecule has 14 heavy (non-hydrogen) atoms. The van der Waals surface area contributed by atoms with Gasteiger partial charge in [-0.25, -0.2) is 0 Å². The number of ether oxygens (including phenoxy) is 1. The van der Waals surface area contributed by atoms with Crippen LogP contribution in [0.1, 0.15) is 0 Å². The highest BCUT2D eigenvalue weighted by molar-refractivity contribution is 9.10. The molecule has 1 aromatic rings. The average molecular weight is 258 g/mol. The number of nitrogens with two attached hydrogens (primary N) is 1. The van der Waals surface area contributed by atoms with Crippen molar-refractivity contribution < 1.29 is 9.84 Å². The first kappa shape index (κ1) is 11.1. The molecule has 0 saturated carbocycles. The summed E-state index contributed by atoms with van der Waals surface area (Å²) in [6.45, 7) is 0.429. The fraction of sp³-hybridized carbons (Fsp3) is 0.200. The number of nitrogen functional groups attached to an aromatic ring is 1. The molecule has 0 atom stereocenters. The van der Waals surface area contributed by atoms with Crippen LogP contribution < -0.4 is 10.5 Å². The lowest BCUT2D eigenvalue weighted by Gasteiger charge is -2.06. The van der Waals surface area contributed by atoms with E-state index in [1.54, 1.807) is 18.2 Å². The lowest BCUT2D eigenvalue weighted by atomic mass is 10.3. The second-order valence-corrected chi connectivity index (χ2v) is 3.56. The molecule has 3 nitrogen and oxygen atoms in total. The fourth-order valence-corrected chi connectivity index (χ4v) is 1.25. The summed E-state index contributed by atoms with van der Waals surface area (Å²) in [4.78, 5) is 0. The van der Waals surface area contributed by atoms with Gasteiger partial charge < -0.3 is 15.6 Å². The maximum atomic E-state index is 8.49. The van der Waals surface area contributed by atoms with Crippen LogP contribution in [0, 0.1) is 0 Å². The molecule has 3 N–H and O–H groups in total. The second kappa shape index (κ2) is 5.67.